The van der Waals surface area contributed by atoms with E-state index in [2.05, 4.69) is 0 Å². The van der Waals surface area contributed by atoms with Gasteiger partial charge >= 0.3 is 11.2 Å². The van der Waals surface area contributed by atoms with Crippen molar-refractivity contribution in [2.75, 3.05) is 0 Å². The topological polar surface area (TPSA) is 120 Å². The van der Waals surface area contributed by atoms with E-state index in [1.807, 2.05) is 5.43 Å². The van der Waals surface area contributed by atoms with Crippen LogP contribution in [-0.2, 0) is 11.3 Å². The first-order valence-electron chi connectivity index (χ1n) is 4.31. The molecule has 0 unspecified atom stereocenters. The Labute approximate surface area is 89.8 Å². The SMILES string of the molecule is Cc1ccc([N+](=O)[O-])c(=O)n1CC(=O)NN. The molecule has 1 aromatic heterocycles. The number of amides is 1. The monoisotopic (exact) mass is 226 g/mol. The summed E-state index contributed by atoms with van der Waals surface area (Å²) in [5.74, 6) is 4.26. The summed E-state index contributed by atoms with van der Waals surface area (Å²) in [5, 5.41) is 10.5. The number of rotatable bonds is 3. The highest BCUT2D eigenvalue weighted by atomic mass is 16.6. The van der Waals surface area contributed by atoms with E-state index < -0.39 is 22.1 Å². The first kappa shape index (κ1) is 11.9. The number of pyridine rings is 1. The number of nitro groups is 1. The molecule has 0 aliphatic heterocycles. The smallest absolute Gasteiger partial charge is 0.298 e. The molecular weight excluding hydrogens is 216 g/mol. The Bertz CT molecular complexity index is 493. The largest absolute Gasteiger partial charge is 0.334 e. The molecule has 0 bridgehead atoms. The van der Waals surface area contributed by atoms with E-state index in [4.69, 9.17) is 5.84 Å². The Hall–Kier alpha value is -2.22. The third kappa shape index (κ3) is 2.23. The summed E-state index contributed by atoms with van der Waals surface area (Å²) in [5.41, 5.74) is 0.893. The third-order valence-electron chi connectivity index (χ3n) is 2.03. The third-order valence-corrected chi connectivity index (χ3v) is 2.03. The summed E-state index contributed by atoms with van der Waals surface area (Å²) in [4.78, 5) is 32.3. The van der Waals surface area contributed by atoms with Gasteiger partial charge in [0.05, 0.1) is 4.92 Å². The van der Waals surface area contributed by atoms with Crippen LogP contribution in [0.4, 0.5) is 5.69 Å². The van der Waals surface area contributed by atoms with Gasteiger partial charge in [0.15, 0.2) is 0 Å². The zero-order chi connectivity index (χ0) is 12.3. The van der Waals surface area contributed by atoms with Crippen LogP contribution in [0.15, 0.2) is 16.9 Å². The Kier molecular flexibility index (Phi) is 3.36. The second kappa shape index (κ2) is 4.53. The summed E-state index contributed by atoms with van der Waals surface area (Å²) in [6, 6.07) is 2.50. The highest BCUT2D eigenvalue weighted by Gasteiger charge is 2.16. The van der Waals surface area contributed by atoms with Gasteiger partial charge in [-0.3, -0.25) is 29.7 Å². The molecule has 0 spiro atoms. The van der Waals surface area contributed by atoms with Gasteiger partial charge in [-0.1, -0.05) is 0 Å². The average molecular weight is 226 g/mol. The summed E-state index contributed by atoms with van der Waals surface area (Å²) < 4.78 is 0.986. The fourth-order valence-corrected chi connectivity index (χ4v) is 1.18. The maximum Gasteiger partial charge on any atom is 0.334 e. The maximum absolute atomic E-state index is 11.6. The van der Waals surface area contributed by atoms with Crippen molar-refractivity contribution in [3.63, 3.8) is 0 Å². The van der Waals surface area contributed by atoms with Crippen molar-refractivity contribution in [3.8, 4) is 0 Å². The Morgan fingerprint density at radius 1 is 1.62 bits per heavy atom. The predicted octanol–water partition coefficient (Wildman–Crippen LogP) is -0.945. The van der Waals surface area contributed by atoms with Crippen LogP contribution in [-0.4, -0.2) is 15.4 Å². The van der Waals surface area contributed by atoms with Crippen molar-refractivity contribution < 1.29 is 9.72 Å². The lowest BCUT2D eigenvalue weighted by Gasteiger charge is -2.07. The molecule has 1 aromatic rings. The quantitative estimate of drug-likeness (QED) is 0.298. The number of nitrogens with two attached hydrogens (primary N) is 1. The molecule has 0 fully saturated rings. The summed E-state index contributed by atoms with van der Waals surface area (Å²) in [6.45, 7) is 1.22. The van der Waals surface area contributed by atoms with Crippen molar-refractivity contribution in [3.05, 3.63) is 38.3 Å². The number of hydrazine groups is 1. The minimum atomic E-state index is -0.825. The number of nitrogens with zero attached hydrogens (tertiary/aromatic N) is 2. The van der Waals surface area contributed by atoms with Gasteiger partial charge in [-0.05, 0) is 13.0 Å². The molecule has 0 saturated carbocycles. The van der Waals surface area contributed by atoms with Gasteiger partial charge < -0.3 is 0 Å². The van der Waals surface area contributed by atoms with E-state index in [0.29, 0.717) is 5.69 Å². The molecule has 86 valence electrons. The van der Waals surface area contributed by atoms with Gasteiger partial charge in [0.2, 0.25) is 0 Å². The second-order valence-corrected chi connectivity index (χ2v) is 3.08. The molecule has 0 saturated heterocycles. The number of hydrogen-bond acceptors (Lipinski definition) is 5. The molecule has 0 aliphatic rings. The lowest BCUT2D eigenvalue weighted by atomic mass is 10.3. The molecule has 0 aliphatic carbocycles. The lowest BCUT2D eigenvalue weighted by molar-refractivity contribution is -0.386. The Morgan fingerprint density at radius 3 is 2.75 bits per heavy atom. The van der Waals surface area contributed by atoms with Crippen molar-refractivity contribution in [1.82, 2.24) is 9.99 Å². The minimum Gasteiger partial charge on any atom is -0.298 e. The van der Waals surface area contributed by atoms with Crippen LogP contribution >= 0.6 is 0 Å². The van der Waals surface area contributed by atoms with Gasteiger partial charge in [-0.2, -0.15) is 0 Å². The highest BCUT2D eigenvalue weighted by Crippen LogP contribution is 2.05. The molecule has 1 rings (SSSR count). The number of nitrogens with one attached hydrogen (secondary N) is 1. The molecule has 0 atom stereocenters. The van der Waals surface area contributed by atoms with Gasteiger partial charge in [0.25, 0.3) is 5.91 Å². The lowest BCUT2D eigenvalue weighted by Crippen LogP contribution is -2.37. The zero-order valence-corrected chi connectivity index (χ0v) is 8.47. The second-order valence-electron chi connectivity index (χ2n) is 3.08. The fraction of sp³-hybridized carbons (Fsp3) is 0.250. The number of aromatic nitrogens is 1. The number of hydrogen-bond donors (Lipinski definition) is 2. The predicted molar refractivity (Wildman–Crippen MR) is 54.4 cm³/mol. The Morgan fingerprint density at radius 2 is 2.25 bits per heavy atom. The molecule has 1 amide bonds. The first-order chi connectivity index (χ1) is 7.47. The van der Waals surface area contributed by atoms with Gasteiger partial charge in [-0.15, -0.1) is 0 Å². The van der Waals surface area contributed by atoms with E-state index in [0.717, 1.165) is 10.6 Å². The average Bonchev–Trinajstić information content (AvgIpc) is 2.23. The first-order valence-corrected chi connectivity index (χ1v) is 4.31. The van der Waals surface area contributed by atoms with Crippen LogP contribution in [0.3, 0.4) is 0 Å². The van der Waals surface area contributed by atoms with E-state index in [1.54, 1.807) is 6.92 Å². The summed E-state index contributed by atoms with van der Waals surface area (Å²) in [6.07, 6.45) is 0. The molecule has 1 heterocycles. The van der Waals surface area contributed by atoms with Crippen LogP contribution in [0, 0.1) is 17.0 Å². The van der Waals surface area contributed by atoms with Crippen molar-refractivity contribution >= 4 is 11.6 Å². The normalized spacial score (nSPS) is 9.88. The van der Waals surface area contributed by atoms with Crippen molar-refractivity contribution in [2.24, 2.45) is 5.84 Å². The van der Waals surface area contributed by atoms with Crippen molar-refractivity contribution in [1.29, 1.82) is 0 Å². The molecule has 8 nitrogen and oxygen atoms in total. The molecule has 0 radical (unpaired) electrons. The van der Waals surface area contributed by atoms with Crippen LogP contribution in [0.1, 0.15) is 5.69 Å². The summed E-state index contributed by atoms with van der Waals surface area (Å²) >= 11 is 0. The van der Waals surface area contributed by atoms with Crippen LogP contribution < -0.4 is 16.8 Å². The molecule has 0 aromatic carbocycles. The van der Waals surface area contributed by atoms with Crippen LogP contribution in [0.2, 0.25) is 0 Å². The molecule has 16 heavy (non-hydrogen) atoms. The highest BCUT2D eigenvalue weighted by molar-refractivity contribution is 5.75. The number of carbonyl (C=O) groups excluding carboxylic acids is 1. The standard InChI is InChI=1S/C8H10N4O4/c1-5-2-3-6(12(15)16)8(14)11(5)4-7(13)10-9/h2-3H,4,9H2,1H3,(H,10,13). The van der Waals surface area contributed by atoms with E-state index in [-0.39, 0.29) is 6.54 Å². The van der Waals surface area contributed by atoms with Gasteiger partial charge in [0, 0.05) is 11.8 Å². The zero-order valence-electron chi connectivity index (χ0n) is 8.47. The van der Waals surface area contributed by atoms with Gasteiger partial charge in [-0.25, -0.2) is 5.84 Å². The van der Waals surface area contributed by atoms with E-state index in [9.17, 15) is 19.7 Å². The van der Waals surface area contributed by atoms with Crippen LogP contribution in [0.25, 0.3) is 0 Å². The van der Waals surface area contributed by atoms with Crippen molar-refractivity contribution in [2.45, 2.75) is 13.5 Å². The molecular formula is C8H10N4O4. The molecule has 3 N–H and O–H groups in total. The fourth-order valence-electron chi connectivity index (χ4n) is 1.18. The van der Waals surface area contributed by atoms with E-state index in [1.165, 1.54) is 6.07 Å². The maximum atomic E-state index is 11.6. The number of aryl methyl sites for hydroxylation is 1. The Balaban J connectivity index is 3.27. The van der Waals surface area contributed by atoms with E-state index >= 15 is 0 Å². The van der Waals surface area contributed by atoms with Crippen LogP contribution in [0.5, 0.6) is 0 Å². The number of carbonyl (C=O) groups is 1. The van der Waals surface area contributed by atoms with Gasteiger partial charge in [0.1, 0.15) is 6.54 Å². The summed E-state index contributed by atoms with van der Waals surface area (Å²) in [7, 11) is 0. The molecule has 8 heteroatoms. The minimum absolute atomic E-state index is 0.344.